The summed E-state index contributed by atoms with van der Waals surface area (Å²) < 4.78 is 5.53. The van der Waals surface area contributed by atoms with Crippen molar-refractivity contribution >= 4 is 28.9 Å². The van der Waals surface area contributed by atoms with Crippen molar-refractivity contribution < 1.29 is 4.74 Å². The first-order valence-corrected chi connectivity index (χ1v) is 7.62. The van der Waals surface area contributed by atoms with E-state index in [1.54, 1.807) is 11.3 Å². The maximum absolute atomic E-state index is 5.84. The van der Waals surface area contributed by atoms with E-state index in [2.05, 4.69) is 32.2 Å². The van der Waals surface area contributed by atoms with Gasteiger partial charge in [-0.3, -0.25) is 0 Å². The van der Waals surface area contributed by atoms with Crippen molar-refractivity contribution in [1.82, 2.24) is 19.9 Å². The van der Waals surface area contributed by atoms with Crippen LogP contribution in [0.2, 0.25) is 5.28 Å². The van der Waals surface area contributed by atoms with Crippen LogP contribution in [0.4, 0.5) is 5.95 Å². The fourth-order valence-electron chi connectivity index (χ4n) is 1.51. The lowest BCUT2D eigenvalue weighted by Crippen LogP contribution is -2.09. The van der Waals surface area contributed by atoms with E-state index in [1.807, 2.05) is 12.4 Å². The topological polar surface area (TPSA) is 72.8 Å². The zero-order valence-electron chi connectivity index (χ0n) is 11.4. The van der Waals surface area contributed by atoms with Gasteiger partial charge in [-0.25, -0.2) is 4.98 Å². The number of anilines is 1. The van der Waals surface area contributed by atoms with E-state index in [1.165, 1.54) is 4.88 Å². The fourth-order valence-corrected chi connectivity index (χ4v) is 2.43. The minimum absolute atomic E-state index is 0.127. The van der Waals surface area contributed by atoms with Gasteiger partial charge in [0.05, 0.1) is 17.8 Å². The summed E-state index contributed by atoms with van der Waals surface area (Å²) >= 11 is 7.46. The van der Waals surface area contributed by atoms with Gasteiger partial charge in [-0.1, -0.05) is 6.92 Å². The number of hydrogen-bond donors (Lipinski definition) is 1. The van der Waals surface area contributed by atoms with Gasteiger partial charge in [0.15, 0.2) is 0 Å². The zero-order chi connectivity index (χ0) is 14.4. The molecule has 0 aliphatic carbocycles. The summed E-state index contributed by atoms with van der Waals surface area (Å²) in [5.41, 5.74) is 2.87. The van der Waals surface area contributed by atoms with Crippen LogP contribution in [-0.4, -0.2) is 33.1 Å². The number of ether oxygens (including phenoxy) is 1. The second-order valence-electron chi connectivity index (χ2n) is 4.10. The minimum atomic E-state index is 0.127. The van der Waals surface area contributed by atoms with E-state index in [0.29, 0.717) is 12.6 Å². The molecule has 0 atom stereocenters. The van der Waals surface area contributed by atoms with Gasteiger partial charge in [0.1, 0.15) is 0 Å². The average molecular weight is 314 g/mol. The Morgan fingerprint density at radius 3 is 2.90 bits per heavy atom. The summed E-state index contributed by atoms with van der Waals surface area (Å²) in [5, 5.41) is 3.18. The zero-order valence-corrected chi connectivity index (χ0v) is 13.0. The first-order chi connectivity index (χ1) is 9.69. The smallest absolute Gasteiger partial charge is 0.322 e. The Hall–Kier alpha value is -1.47. The van der Waals surface area contributed by atoms with Crippen LogP contribution in [-0.2, 0) is 6.42 Å². The molecule has 0 fully saturated rings. The van der Waals surface area contributed by atoms with Crippen LogP contribution in [0.5, 0.6) is 6.01 Å². The fraction of sp³-hybridized carbons (Fsp3) is 0.500. The summed E-state index contributed by atoms with van der Waals surface area (Å²) in [5.74, 6) is 0.441. The average Bonchev–Trinajstić information content (AvgIpc) is 2.82. The molecule has 0 bridgehead atoms. The van der Waals surface area contributed by atoms with Gasteiger partial charge >= 0.3 is 6.01 Å². The predicted molar refractivity (Wildman–Crippen MR) is 79.7 cm³/mol. The molecule has 0 aliphatic heterocycles. The lowest BCUT2D eigenvalue weighted by Gasteiger charge is -2.07. The number of nitrogens with one attached hydrogen (secondary N) is 1. The van der Waals surface area contributed by atoms with Gasteiger partial charge < -0.3 is 10.1 Å². The SMILES string of the molecule is CCCNc1nc(Cl)nc(OCCc2scnc2C)n1. The molecule has 0 radical (unpaired) electrons. The lowest BCUT2D eigenvalue weighted by molar-refractivity contribution is 0.296. The number of thiazole rings is 1. The van der Waals surface area contributed by atoms with Gasteiger partial charge in [-0.05, 0) is 24.9 Å². The van der Waals surface area contributed by atoms with Crippen LogP contribution in [0.3, 0.4) is 0 Å². The second kappa shape index (κ2) is 7.35. The Bertz CT molecular complexity index is 563. The minimum Gasteiger partial charge on any atom is -0.463 e. The first kappa shape index (κ1) is 14.9. The van der Waals surface area contributed by atoms with Crippen molar-refractivity contribution in [3.63, 3.8) is 0 Å². The largest absolute Gasteiger partial charge is 0.463 e. The van der Waals surface area contributed by atoms with E-state index in [4.69, 9.17) is 16.3 Å². The van der Waals surface area contributed by atoms with E-state index in [-0.39, 0.29) is 11.3 Å². The Kier molecular flexibility index (Phi) is 5.49. The molecule has 0 unspecified atom stereocenters. The molecule has 20 heavy (non-hydrogen) atoms. The van der Waals surface area contributed by atoms with Crippen molar-refractivity contribution in [2.45, 2.75) is 26.7 Å². The van der Waals surface area contributed by atoms with E-state index in [9.17, 15) is 0 Å². The highest BCUT2D eigenvalue weighted by Gasteiger charge is 2.07. The molecule has 8 heteroatoms. The number of nitrogens with zero attached hydrogens (tertiary/aromatic N) is 4. The second-order valence-corrected chi connectivity index (χ2v) is 5.37. The quantitative estimate of drug-likeness (QED) is 0.847. The summed E-state index contributed by atoms with van der Waals surface area (Å²) in [6.45, 7) is 5.31. The third kappa shape index (κ3) is 4.28. The van der Waals surface area contributed by atoms with Gasteiger partial charge in [-0.15, -0.1) is 11.3 Å². The van der Waals surface area contributed by atoms with Crippen molar-refractivity contribution in [2.75, 3.05) is 18.5 Å². The van der Waals surface area contributed by atoms with E-state index >= 15 is 0 Å². The Morgan fingerprint density at radius 2 is 2.20 bits per heavy atom. The van der Waals surface area contributed by atoms with Crippen LogP contribution in [0.1, 0.15) is 23.9 Å². The summed E-state index contributed by atoms with van der Waals surface area (Å²) in [7, 11) is 0. The van der Waals surface area contributed by atoms with Crippen molar-refractivity contribution in [3.05, 3.63) is 21.4 Å². The van der Waals surface area contributed by atoms with Crippen molar-refractivity contribution in [1.29, 1.82) is 0 Å². The molecule has 0 saturated heterocycles. The standard InChI is InChI=1S/C12H16ClN5OS/c1-3-5-14-11-16-10(13)17-12(18-11)19-6-4-9-8(2)15-7-20-9/h7H,3-6H2,1-2H3,(H,14,16,17,18). The highest BCUT2D eigenvalue weighted by atomic mass is 35.5. The third-order valence-electron chi connectivity index (χ3n) is 2.53. The molecule has 2 aromatic heterocycles. The Morgan fingerprint density at radius 1 is 1.35 bits per heavy atom. The van der Waals surface area contributed by atoms with Crippen molar-refractivity contribution in [2.24, 2.45) is 0 Å². The molecule has 2 heterocycles. The van der Waals surface area contributed by atoms with Crippen LogP contribution in [0.25, 0.3) is 0 Å². The van der Waals surface area contributed by atoms with Crippen LogP contribution < -0.4 is 10.1 Å². The molecule has 0 aliphatic rings. The van der Waals surface area contributed by atoms with Crippen LogP contribution in [0.15, 0.2) is 5.51 Å². The van der Waals surface area contributed by atoms with Gasteiger partial charge in [-0.2, -0.15) is 15.0 Å². The van der Waals surface area contributed by atoms with Crippen LogP contribution in [0, 0.1) is 6.92 Å². The van der Waals surface area contributed by atoms with Gasteiger partial charge in [0, 0.05) is 17.8 Å². The molecule has 2 aromatic rings. The molecule has 108 valence electrons. The molecule has 0 spiro atoms. The molecule has 0 aromatic carbocycles. The molecule has 0 saturated carbocycles. The molecule has 2 rings (SSSR count). The Labute approximate surface area is 126 Å². The molecular weight excluding hydrogens is 298 g/mol. The maximum atomic E-state index is 5.84. The number of aryl methyl sites for hydroxylation is 1. The third-order valence-corrected chi connectivity index (χ3v) is 3.69. The van der Waals surface area contributed by atoms with Gasteiger partial charge in [0.25, 0.3) is 0 Å². The predicted octanol–water partition coefficient (Wildman–Crippen LogP) is 2.73. The molecule has 0 amide bonds. The number of rotatable bonds is 7. The molecule has 1 N–H and O–H groups in total. The van der Waals surface area contributed by atoms with E-state index in [0.717, 1.165) is 25.1 Å². The highest BCUT2D eigenvalue weighted by Crippen LogP contribution is 2.15. The lowest BCUT2D eigenvalue weighted by atomic mass is 10.3. The number of hydrogen-bond acceptors (Lipinski definition) is 7. The van der Waals surface area contributed by atoms with Crippen LogP contribution >= 0.6 is 22.9 Å². The number of aromatic nitrogens is 4. The summed E-state index contributed by atoms with van der Waals surface area (Å²) in [6, 6.07) is 0.241. The summed E-state index contributed by atoms with van der Waals surface area (Å²) in [4.78, 5) is 17.5. The Balaban J connectivity index is 1.91. The number of halogens is 1. The highest BCUT2D eigenvalue weighted by molar-refractivity contribution is 7.09. The summed E-state index contributed by atoms with van der Waals surface area (Å²) in [6.07, 6.45) is 1.75. The monoisotopic (exact) mass is 313 g/mol. The first-order valence-electron chi connectivity index (χ1n) is 6.36. The maximum Gasteiger partial charge on any atom is 0.322 e. The van der Waals surface area contributed by atoms with Gasteiger partial charge in [0.2, 0.25) is 11.2 Å². The van der Waals surface area contributed by atoms with Crippen molar-refractivity contribution in [3.8, 4) is 6.01 Å². The molecular formula is C12H16ClN5OS. The molecule has 6 nitrogen and oxygen atoms in total. The van der Waals surface area contributed by atoms with E-state index < -0.39 is 0 Å². The normalized spacial score (nSPS) is 10.6.